The monoisotopic (exact) mass is 351 g/mol. The van der Waals surface area contributed by atoms with Gasteiger partial charge in [-0.2, -0.15) is 0 Å². The Kier molecular flexibility index (Phi) is 4.05. The highest BCUT2D eigenvalue weighted by Crippen LogP contribution is 2.20. The lowest BCUT2D eigenvalue weighted by molar-refractivity contribution is 0.578. The number of hydrogen-bond donors (Lipinski definition) is 1. The molecule has 3 rings (SSSR count). The predicted octanol–water partition coefficient (Wildman–Crippen LogP) is 1.87. The fourth-order valence-corrected chi connectivity index (χ4v) is 3.81. The number of nitrogens with one attached hydrogen (secondary N) is 1. The standard InChI is InChI=1S/C14H14ClN5O2S/c1-9-7-10(2)20-13(18-19-14(20)17-9)8-16-23(21,22)12-6-4-3-5-11(12)15/h3-7,16H,8H2,1-2H3. The second kappa shape index (κ2) is 5.88. The van der Waals surface area contributed by atoms with Crippen molar-refractivity contribution in [1.29, 1.82) is 0 Å². The molecule has 0 aliphatic rings. The molecule has 2 heterocycles. The van der Waals surface area contributed by atoms with E-state index >= 15 is 0 Å². The molecule has 2 aromatic heterocycles. The Hall–Kier alpha value is -2.03. The van der Waals surface area contributed by atoms with Crippen LogP contribution < -0.4 is 4.72 Å². The van der Waals surface area contributed by atoms with Crippen LogP contribution in [0.25, 0.3) is 5.78 Å². The first kappa shape index (κ1) is 15.9. The molecule has 9 heteroatoms. The molecule has 0 atom stereocenters. The van der Waals surface area contributed by atoms with Gasteiger partial charge in [-0.15, -0.1) is 10.2 Å². The van der Waals surface area contributed by atoms with Crippen LogP contribution in [0.5, 0.6) is 0 Å². The predicted molar refractivity (Wildman–Crippen MR) is 85.7 cm³/mol. The summed E-state index contributed by atoms with van der Waals surface area (Å²) < 4.78 is 28.9. The molecule has 0 saturated carbocycles. The Labute approximate surface area is 138 Å². The van der Waals surface area contributed by atoms with E-state index in [1.165, 1.54) is 12.1 Å². The maximum absolute atomic E-state index is 12.4. The molecule has 1 N–H and O–H groups in total. The molecule has 0 amide bonds. The number of aryl methyl sites for hydroxylation is 2. The fraction of sp³-hybridized carbons (Fsp3) is 0.214. The lowest BCUT2D eigenvalue weighted by Crippen LogP contribution is -2.25. The summed E-state index contributed by atoms with van der Waals surface area (Å²) in [4.78, 5) is 4.29. The van der Waals surface area contributed by atoms with Crippen LogP contribution in [0.2, 0.25) is 5.02 Å². The molecule has 1 aromatic carbocycles. The second-order valence-electron chi connectivity index (χ2n) is 5.05. The Morgan fingerprint density at radius 3 is 2.70 bits per heavy atom. The van der Waals surface area contributed by atoms with E-state index in [0.29, 0.717) is 11.6 Å². The van der Waals surface area contributed by atoms with Gasteiger partial charge in [0.2, 0.25) is 10.0 Å². The molecule has 0 bridgehead atoms. The Balaban J connectivity index is 1.91. The molecule has 0 radical (unpaired) electrons. The van der Waals surface area contributed by atoms with Gasteiger partial charge in [0.05, 0.1) is 11.6 Å². The summed E-state index contributed by atoms with van der Waals surface area (Å²) in [5.41, 5.74) is 1.70. The molecular weight excluding hydrogens is 338 g/mol. The number of hydrogen-bond acceptors (Lipinski definition) is 5. The first-order valence-electron chi connectivity index (χ1n) is 6.81. The van der Waals surface area contributed by atoms with E-state index in [9.17, 15) is 8.42 Å². The molecule has 0 unspecified atom stereocenters. The van der Waals surface area contributed by atoms with Crippen molar-refractivity contribution in [1.82, 2.24) is 24.3 Å². The van der Waals surface area contributed by atoms with E-state index in [4.69, 9.17) is 11.6 Å². The summed E-state index contributed by atoms with van der Waals surface area (Å²) in [7, 11) is -3.74. The van der Waals surface area contributed by atoms with E-state index in [1.54, 1.807) is 16.5 Å². The molecule has 0 saturated heterocycles. The minimum Gasteiger partial charge on any atom is -0.266 e. The average Bonchev–Trinajstić information content (AvgIpc) is 2.88. The van der Waals surface area contributed by atoms with Gasteiger partial charge in [0.1, 0.15) is 4.90 Å². The molecule has 7 nitrogen and oxygen atoms in total. The highest BCUT2D eigenvalue weighted by molar-refractivity contribution is 7.89. The summed E-state index contributed by atoms with van der Waals surface area (Å²) in [6, 6.07) is 8.14. The molecule has 0 aliphatic heterocycles. The lowest BCUT2D eigenvalue weighted by atomic mass is 10.3. The fourth-order valence-electron chi connectivity index (χ4n) is 2.31. The van der Waals surface area contributed by atoms with Crippen molar-refractivity contribution in [2.75, 3.05) is 0 Å². The van der Waals surface area contributed by atoms with E-state index in [-0.39, 0.29) is 16.5 Å². The van der Waals surface area contributed by atoms with Gasteiger partial charge in [0.25, 0.3) is 5.78 Å². The highest BCUT2D eigenvalue weighted by Gasteiger charge is 2.19. The van der Waals surface area contributed by atoms with Crippen LogP contribution in [0.4, 0.5) is 0 Å². The first-order chi connectivity index (χ1) is 10.9. The lowest BCUT2D eigenvalue weighted by Gasteiger charge is -2.08. The zero-order valence-electron chi connectivity index (χ0n) is 12.5. The van der Waals surface area contributed by atoms with Crippen molar-refractivity contribution in [3.8, 4) is 0 Å². The van der Waals surface area contributed by atoms with Crippen LogP contribution in [-0.4, -0.2) is 28.0 Å². The molecule has 0 fully saturated rings. The van der Waals surface area contributed by atoms with E-state index in [1.807, 2.05) is 19.9 Å². The van der Waals surface area contributed by atoms with Crippen molar-refractivity contribution in [2.24, 2.45) is 0 Å². The topological polar surface area (TPSA) is 89.2 Å². The maximum atomic E-state index is 12.4. The number of nitrogens with zero attached hydrogens (tertiary/aromatic N) is 4. The molecule has 3 aromatic rings. The van der Waals surface area contributed by atoms with Gasteiger partial charge in [-0.25, -0.2) is 18.1 Å². The normalized spacial score (nSPS) is 12.0. The number of halogens is 1. The number of benzene rings is 1. The van der Waals surface area contributed by atoms with Crippen LogP contribution in [0, 0.1) is 13.8 Å². The van der Waals surface area contributed by atoms with Crippen molar-refractivity contribution >= 4 is 27.4 Å². The molecule has 23 heavy (non-hydrogen) atoms. The molecule has 120 valence electrons. The average molecular weight is 352 g/mol. The van der Waals surface area contributed by atoms with Crippen molar-refractivity contribution in [3.63, 3.8) is 0 Å². The van der Waals surface area contributed by atoms with E-state index in [0.717, 1.165) is 11.4 Å². The van der Waals surface area contributed by atoms with Crippen molar-refractivity contribution in [3.05, 3.63) is 52.6 Å². The summed E-state index contributed by atoms with van der Waals surface area (Å²) in [6.45, 7) is 3.73. The van der Waals surface area contributed by atoms with Crippen LogP contribution in [0.3, 0.4) is 0 Å². The van der Waals surface area contributed by atoms with Crippen LogP contribution >= 0.6 is 11.6 Å². The van der Waals surface area contributed by atoms with Crippen molar-refractivity contribution in [2.45, 2.75) is 25.3 Å². The smallest absolute Gasteiger partial charge is 0.255 e. The van der Waals surface area contributed by atoms with Gasteiger partial charge in [-0.05, 0) is 32.0 Å². The summed E-state index contributed by atoms with van der Waals surface area (Å²) in [6.07, 6.45) is 0. The maximum Gasteiger partial charge on any atom is 0.255 e. The summed E-state index contributed by atoms with van der Waals surface area (Å²) in [5.74, 6) is 0.898. The third kappa shape index (κ3) is 3.05. The largest absolute Gasteiger partial charge is 0.266 e. The molecular formula is C14H14ClN5O2S. The molecule has 0 aliphatic carbocycles. The Bertz CT molecular complexity index is 984. The quantitative estimate of drug-likeness (QED) is 0.775. The minimum absolute atomic E-state index is 0.0136. The molecule has 0 spiro atoms. The summed E-state index contributed by atoms with van der Waals surface area (Å²) in [5, 5.41) is 8.15. The number of fused-ring (bicyclic) bond motifs is 1. The second-order valence-corrected chi connectivity index (χ2v) is 7.19. The van der Waals surface area contributed by atoms with Crippen LogP contribution in [-0.2, 0) is 16.6 Å². The minimum atomic E-state index is -3.74. The first-order valence-corrected chi connectivity index (χ1v) is 8.67. The van der Waals surface area contributed by atoms with Gasteiger partial charge in [-0.1, -0.05) is 23.7 Å². The zero-order valence-corrected chi connectivity index (χ0v) is 14.1. The van der Waals surface area contributed by atoms with Gasteiger partial charge in [0, 0.05) is 11.4 Å². The van der Waals surface area contributed by atoms with Crippen LogP contribution in [0.1, 0.15) is 17.2 Å². The number of sulfonamides is 1. The van der Waals surface area contributed by atoms with Crippen molar-refractivity contribution < 1.29 is 8.42 Å². The third-order valence-electron chi connectivity index (χ3n) is 3.31. The SMILES string of the molecule is Cc1cc(C)n2c(CNS(=O)(=O)c3ccccc3Cl)nnc2n1. The van der Waals surface area contributed by atoms with Gasteiger partial charge in [-0.3, -0.25) is 4.40 Å². The number of aromatic nitrogens is 4. The van der Waals surface area contributed by atoms with Gasteiger partial charge in [0.15, 0.2) is 5.82 Å². The number of rotatable bonds is 4. The Morgan fingerprint density at radius 1 is 1.22 bits per heavy atom. The van der Waals surface area contributed by atoms with Gasteiger partial charge >= 0.3 is 0 Å². The summed E-state index contributed by atoms with van der Waals surface area (Å²) >= 11 is 5.94. The Morgan fingerprint density at radius 2 is 1.96 bits per heavy atom. The van der Waals surface area contributed by atoms with E-state index < -0.39 is 10.0 Å². The third-order valence-corrected chi connectivity index (χ3v) is 5.21. The van der Waals surface area contributed by atoms with Crippen LogP contribution in [0.15, 0.2) is 35.2 Å². The highest BCUT2D eigenvalue weighted by atomic mass is 35.5. The van der Waals surface area contributed by atoms with Gasteiger partial charge < -0.3 is 0 Å². The zero-order chi connectivity index (χ0) is 16.6. The van der Waals surface area contributed by atoms with E-state index in [2.05, 4.69) is 19.9 Å².